The van der Waals surface area contributed by atoms with Gasteiger partial charge in [0.1, 0.15) is 27.9 Å². The monoisotopic (exact) mass is 535 g/mol. The second-order valence-electron chi connectivity index (χ2n) is 7.59. The van der Waals surface area contributed by atoms with Crippen LogP contribution in [0.15, 0.2) is 39.9 Å². The third-order valence-electron chi connectivity index (χ3n) is 5.05. The van der Waals surface area contributed by atoms with Gasteiger partial charge in [0, 0.05) is 25.0 Å². The quantitative estimate of drug-likeness (QED) is 0.198. The summed E-state index contributed by atoms with van der Waals surface area (Å²) in [7, 11) is 0. The summed E-state index contributed by atoms with van der Waals surface area (Å²) in [5, 5.41) is 23.4. The Hall–Kier alpha value is -3.10. The fourth-order valence-corrected chi connectivity index (χ4v) is 6.80. The summed E-state index contributed by atoms with van der Waals surface area (Å²) in [4.78, 5) is 49.3. The van der Waals surface area contributed by atoms with E-state index in [1.54, 1.807) is 24.3 Å². The molecule has 0 aliphatic carbocycles. The highest BCUT2D eigenvalue weighted by Crippen LogP contribution is 2.41. The number of nitrogens with zero attached hydrogens (tertiary/aromatic N) is 3. The van der Waals surface area contributed by atoms with E-state index in [9.17, 15) is 24.3 Å². The van der Waals surface area contributed by atoms with E-state index < -0.39 is 35.3 Å². The van der Waals surface area contributed by atoms with Crippen molar-refractivity contribution in [3.63, 3.8) is 0 Å². The molecule has 1 saturated heterocycles. The van der Waals surface area contributed by atoms with Crippen molar-refractivity contribution < 1.29 is 29.0 Å². The van der Waals surface area contributed by atoms with Gasteiger partial charge in [-0.3, -0.25) is 14.5 Å². The first-order valence-corrected chi connectivity index (χ1v) is 13.2. The van der Waals surface area contributed by atoms with Gasteiger partial charge in [0.15, 0.2) is 4.34 Å². The number of hydrogen-bond acceptors (Lipinski definition) is 10. The topological polar surface area (TPSA) is 151 Å². The number of carbonyl (C=O) groups is 4. The number of nitrogens with one attached hydrogen (secondary N) is 2. The van der Waals surface area contributed by atoms with E-state index in [-0.39, 0.29) is 12.2 Å². The number of esters is 1. The highest BCUT2D eigenvalue weighted by molar-refractivity contribution is 8.01. The van der Waals surface area contributed by atoms with Crippen LogP contribution in [0.3, 0.4) is 0 Å². The second kappa shape index (κ2) is 10.7. The molecule has 1 aromatic heterocycles. The number of carbonyl (C=O) groups excluding carboxylic acids is 3. The number of benzene rings is 1. The van der Waals surface area contributed by atoms with Crippen LogP contribution in [-0.2, 0) is 20.9 Å². The number of carboxylic acid groups (broad SMARTS) is 1. The van der Waals surface area contributed by atoms with Gasteiger partial charge in [-0.2, -0.15) is 0 Å². The van der Waals surface area contributed by atoms with Crippen molar-refractivity contribution >= 4 is 58.7 Å². The summed E-state index contributed by atoms with van der Waals surface area (Å²) in [6.07, 6.45) is 0. The Morgan fingerprint density at radius 1 is 1.26 bits per heavy atom. The van der Waals surface area contributed by atoms with Crippen LogP contribution < -0.4 is 15.4 Å². The molecule has 0 bridgehead atoms. The molecule has 1 unspecified atom stereocenters. The molecule has 2 aromatic rings. The van der Waals surface area contributed by atoms with Gasteiger partial charge in [0.05, 0.1) is 0 Å². The van der Waals surface area contributed by atoms with Crippen molar-refractivity contribution in [3.8, 4) is 5.75 Å². The maximum atomic E-state index is 12.8. The molecule has 1 aromatic carbocycles. The predicted octanol–water partition coefficient (Wildman–Crippen LogP) is 1.99. The van der Waals surface area contributed by atoms with E-state index in [0.717, 1.165) is 14.9 Å². The highest BCUT2D eigenvalue weighted by Gasteiger charge is 2.54. The third kappa shape index (κ3) is 5.77. The molecule has 2 aliphatic heterocycles. The van der Waals surface area contributed by atoms with Gasteiger partial charge in [0.25, 0.3) is 5.91 Å². The molecule has 4 rings (SSSR count). The van der Waals surface area contributed by atoms with Gasteiger partial charge >= 0.3 is 18.0 Å². The minimum absolute atomic E-state index is 0.0289. The molecule has 0 spiro atoms. The van der Waals surface area contributed by atoms with Gasteiger partial charge in [-0.05, 0) is 30.2 Å². The van der Waals surface area contributed by atoms with E-state index in [2.05, 4.69) is 20.8 Å². The lowest BCUT2D eigenvalue weighted by Crippen LogP contribution is -2.71. The first-order valence-electron chi connectivity index (χ1n) is 10.4. The summed E-state index contributed by atoms with van der Waals surface area (Å²) >= 11 is 4.22. The molecule has 2 atom stereocenters. The van der Waals surface area contributed by atoms with Crippen LogP contribution in [0.4, 0.5) is 4.79 Å². The number of β-lactam (4-membered cyclic amide) rings is 1. The molecule has 184 valence electrons. The minimum Gasteiger partial charge on any atom is -0.477 e. The predicted molar refractivity (Wildman–Crippen MR) is 130 cm³/mol. The normalized spacial score (nSPS) is 19.0. The molecule has 0 radical (unpaired) electrons. The summed E-state index contributed by atoms with van der Waals surface area (Å²) in [5.74, 6) is -0.848. The fourth-order valence-electron chi connectivity index (χ4n) is 3.50. The van der Waals surface area contributed by atoms with Crippen molar-refractivity contribution in [2.45, 2.75) is 36.1 Å². The molecular formula is C21H21N5O6S3. The summed E-state index contributed by atoms with van der Waals surface area (Å²) < 4.78 is 5.70. The van der Waals surface area contributed by atoms with Crippen LogP contribution in [0.25, 0.3) is 0 Å². The van der Waals surface area contributed by atoms with Crippen molar-refractivity contribution in [2.75, 3.05) is 11.5 Å². The largest absolute Gasteiger partial charge is 0.477 e. The molecule has 14 heteroatoms. The van der Waals surface area contributed by atoms with Crippen LogP contribution >= 0.6 is 34.9 Å². The zero-order chi connectivity index (χ0) is 25.1. The summed E-state index contributed by atoms with van der Waals surface area (Å²) in [6, 6.07) is 5.28. The zero-order valence-corrected chi connectivity index (χ0v) is 21.1. The summed E-state index contributed by atoms with van der Waals surface area (Å²) in [5.41, 5.74) is 1.37. The van der Waals surface area contributed by atoms with E-state index in [4.69, 9.17) is 4.74 Å². The van der Waals surface area contributed by atoms with Gasteiger partial charge in [-0.25, -0.2) is 9.59 Å². The number of thioether (sulfide) groups is 2. The number of aliphatic carboxylic acids is 1. The van der Waals surface area contributed by atoms with E-state index in [1.807, 2.05) is 6.92 Å². The average molecular weight is 536 g/mol. The Balaban J connectivity index is 1.33. The molecule has 1 fully saturated rings. The van der Waals surface area contributed by atoms with Crippen LogP contribution in [0.2, 0.25) is 0 Å². The lowest BCUT2D eigenvalue weighted by Gasteiger charge is -2.49. The number of amides is 3. The third-order valence-corrected chi connectivity index (χ3v) is 8.45. The Morgan fingerprint density at radius 3 is 2.63 bits per heavy atom. The van der Waals surface area contributed by atoms with Gasteiger partial charge < -0.3 is 20.5 Å². The van der Waals surface area contributed by atoms with E-state index >= 15 is 0 Å². The highest BCUT2D eigenvalue weighted by atomic mass is 32.2. The average Bonchev–Trinajstić information content (AvgIpc) is 3.24. The lowest BCUT2D eigenvalue weighted by atomic mass is 10.0. The lowest BCUT2D eigenvalue weighted by molar-refractivity contribution is -0.148. The SMILES string of the molecule is CC(=O)Oc1ccc(CNC(=O)NC2C(=O)N3C(C(=O)O)=C(CSc4nnc(C)s4)CS[C@@H]23)cc1. The van der Waals surface area contributed by atoms with Gasteiger partial charge in [-0.15, -0.1) is 22.0 Å². The van der Waals surface area contributed by atoms with E-state index in [0.29, 0.717) is 22.8 Å². The number of urea groups is 1. The van der Waals surface area contributed by atoms with Crippen LogP contribution in [-0.4, -0.2) is 67.0 Å². The smallest absolute Gasteiger partial charge is 0.352 e. The zero-order valence-electron chi connectivity index (χ0n) is 18.6. The molecule has 35 heavy (non-hydrogen) atoms. The number of ether oxygens (including phenoxy) is 1. The summed E-state index contributed by atoms with van der Waals surface area (Å²) in [6.45, 7) is 3.35. The maximum absolute atomic E-state index is 12.8. The Morgan fingerprint density at radius 2 is 2.00 bits per heavy atom. The molecule has 3 heterocycles. The van der Waals surface area contributed by atoms with Gasteiger partial charge in [-0.1, -0.05) is 35.2 Å². The van der Waals surface area contributed by atoms with Crippen molar-refractivity contribution in [1.29, 1.82) is 0 Å². The molecule has 2 aliphatic rings. The Kier molecular flexibility index (Phi) is 7.62. The Bertz CT molecular complexity index is 1200. The van der Waals surface area contributed by atoms with Crippen molar-refractivity contribution in [1.82, 2.24) is 25.7 Å². The van der Waals surface area contributed by atoms with Gasteiger partial charge in [0.2, 0.25) is 0 Å². The van der Waals surface area contributed by atoms with Crippen molar-refractivity contribution in [3.05, 3.63) is 46.1 Å². The first kappa shape index (κ1) is 25.0. The molecule has 11 nitrogen and oxygen atoms in total. The second-order valence-corrected chi connectivity index (χ2v) is 11.1. The van der Waals surface area contributed by atoms with Crippen LogP contribution in [0.1, 0.15) is 17.5 Å². The molecule has 3 amide bonds. The number of aryl methyl sites for hydroxylation is 1. The first-order chi connectivity index (χ1) is 16.7. The van der Waals surface area contributed by atoms with Crippen molar-refractivity contribution in [2.24, 2.45) is 0 Å². The maximum Gasteiger partial charge on any atom is 0.352 e. The number of rotatable bonds is 8. The fraction of sp³-hybridized carbons (Fsp3) is 0.333. The minimum atomic E-state index is -1.17. The van der Waals surface area contributed by atoms with E-state index in [1.165, 1.54) is 46.7 Å². The van der Waals surface area contributed by atoms with Crippen LogP contribution in [0, 0.1) is 6.92 Å². The Labute approximate surface area is 212 Å². The standard InChI is InChI=1S/C21H21N5O6S3/c1-10-24-25-21(35-10)34-9-13-8-33-18-15(17(28)26(18)16(13)19(29)30)23-20(31)22-7-12-3-5-14(6-4-12)32-11(2)27/h3-6,15,18H,7-9H2,1-2H3,(H,29,30)(H2,22,23,31)/t15?,18-/m0/s1. The molecule has 0 saturated carbocycles. The van der Waals surface area contributed by atoms with Crippen LogP contribution in [0.5, 0.6) is 5.75 Å². The molecular weight excluding hydrogens is 514 g/mol. The number of fused-ring (bicyclic) bond motifs is 1. The molecule has 3 N–H and O–H groups in total. The number of aromatic nitrogens is 2. The number of hydrogen-bond donors (Lipinski definition) is 3. The number of carboxylic acids is 1.